The molecule has 2 N–H and O–H groups in total. The van der Waals surface area contributed by atoms with Crippen LogP contribution in [0.2, 0.25) is 0 Å². The van der Waals surface area contributed by atoms with Crippen LogP contribution in [0.15, 0.2) is 36.7 Å². The molecule has 0 atom stereocenters. The number of hydrogen-bond acceptors (Lipinski definition) is 3. The molecule has 0 aliphatic heterocycles. The minimum atomic E-state index is -0.366. The fourth-order valence-corrected chi connectivity index (χ4v) is 1.71. The summed E-state index contributed by atoms with van der Waals surface area (Å²) in [7, 11) is 0. The van der Waals surface area contributed by atoms with Crippen LogP contribution in [-0.4, -0.2) is 11.5 Å². The molecular weight excluding hydrogens is 255 g/mol. The van der Waals surface area contributed by atoms with Gasteiger partial charge in [0.1, 0.15) is 18.2 Å². The molecule has 2 rings (SSSR count). The number of nitrogens with zero attached hydrogens (tertiary/aromatic N) is 1. The number of aromatic nitrogens is 1. The SMILES string of the molecule is Cc1cc(OCc2cncc(F)c2)ccc1C#CCN. The van der Waals surface area contributed by atoms with Crippen LogP contribution in [0.4, 0.5) is 4.39 Å². The van der Waals surface area contributed by atoms with Gasteiger partial charge in [-0.1, -0.05) is 11.8 Å². The number of ether oxygens (including phenoxy) is 1. The lowest BCUT2D eigenvalue weighted by atomic mass is 10.1. The van der Waals surface area contributed by atoms with Crippen LogP contribution in [0.25, 0.3) is 0 Å². The predicted octanol–water partition coefficient (Wildman–Crippen LogP) is 2.42. The van der Waals surface area contributed by atoms with Crippen molar-refractivity contribution in [3.63, 3.8) is 0 Å². The summed E-state index contributed by atoms with van der Waals surface area (Å²) in [5, 5.41) is 0. The number of rotatable bonds is 3. The molecule has 0 unspecified atom stereocenters. The quantitative estimate of drug-likeness (QED) is 0.871. The van der Waals surface area contributed by atoms with E-state index in [0.29, 0.717) is 17.9 Å². The summed E-state index contributed by atoms with van der Waals surface area (Å²) >= 11 is 0. The number of hydrogen-bond donors (Lipinski definition) is 1. The van der Waals surface area contributed by atoms with Crippen molar-refractivity contribution in [3.8, 4) is 17.6 Å². The van der Waals surface area contributed by atoms with Gasteiger partial charge in [0, 0.05) is 17.3 Å². The third-order valence-electron chi connectivity index (χ3n) is 2.69. The maximum Gasteiger partial charge on any atom is 0.141 e. The predicted molar refractivity (Wildman–Crippen MR) is 75.6 cm³/mol. The lowest BCUT2D eigenvalue weighted by Crippen LogP contribution is -1.98. The Morgan fingerprint density at radius 3 is 2.85 bits per heavy atom. The lowest BCUT2D eigenvalue weighted by molar-refractivity contribution is 0.305. The van der Waals surface area contributed by atoms with E-state index in [1.54, 1.807) is 6.20 Å². The van der Waals surface area contributed by atoms with Crippen LogP contribution in [0.3, 0.4) is 0 Å². The van der Waals surface area contributed by atoms with Crippen molar-refractivity contribution in [2.24, 2.45) is 5.73 Å². The smallest absolute Gasteiger partial charge is 0.141 e. The molecule has 3 nitrogen and oxygen atoms in total. The first kappa shape index (κ1) is 14.0. The number of benzene rings is 1. The van der Waals surface area contributed by atoms with E-state index in [9.17, 15) is 4.39 Å². The molecule has 1 aromatic carbocycles. The molecule has 0 radical (unpaired) electrons. The third-order valence-corrected chi connectivity index (χ3v) is 2.69. The van der Waals surface area contributed by atoms with Crippen molar-refractivity contribution in [1.29, 1.82) is 0 Å². The fourth-order valence-electron chi connectivity index (χ4n) is 1.71. The Morgan fingerprint density at radius 2 is 2.15 bits per heavy atom. The first-order valence-electron chi connectivity index (χ1n) is 6.21. The van der Waals surface area contributed by atoms with E-state index in [0.717, 1.165) is 11.1 Å². The monoisotopic (exact) mass is 270 g/mol. The molecule has 0 spiro atoms. The van der Waals surface area contributed by atoms with Gasteiger partial charge in [-0.15, -0.1) is 0 Å². The zero-order valence-electron chi connectivity index (χ0n) is 11.2. The van der Waals surface area contributed by atoms with Gasteiger partial charge < -0.3 is 10.5 Å². The van der Waals surface area contributed by atoms with E-state index >= 15 is 0 Å². The molecule has 0 bridgehead atoms. The normalized spacial score (nSPS) is 9.75. The second-order valence-electron chi connectivity index (χ2n) is 4.28. The molecule has 2 aromatic rings. The average molecular weight is 270 g/mol. The Hall–Kier alpha value is -2.38. The lowest BCUT2D eigenvalue weighted by Gasteiger charge is -2.08. The number of aryl methyl sites for hydroxylation is 1. The average Bonchev–Trinajstić information content (AvgIpc) is 2.44. The minimum absolute atomic E-state index is 0.276. The van der Waals surface area contributed by atoms with Crippen LogP contribution in [-0.2, 0) is 6.61 Å². The summed E-state index contributed by atoms with van der Waals surface area (Å²) < 4.78 is 18.6. The Kier molecular flexibility index (Phi) is 4.70. The summed E-state index contributed by atoms with van der Waals surface area (Å²) in [6, 6.07) is 7.02. The maximum atomic E-state index is 13.0. The highest BCUT2D eigenvalue weighted by Crippen LogP contribution is 2.18. The van der Waals surface area contributed by atoms with E-state index in [4.69, 9.17) is 10.5 Å². The molecule has 20 heavy (non-hydrogen) atoms. The van der Waals surface area contributed by atoms with Gasteiger partial charge in [-0.3, -0.25) is 4.98 Å². The van der Waals surface area contributed by atoms with Crippen molar-refractivity contribution in [2.75, 3.05) is 6.54 Å². The van der Waals surface area contributed by atoms with Gasteiger partial charge in [-0.05, 0) is 36.8 Å². The molecular formula is C16H15FN2O. The highest BCUT2D eigenvalue weighted by atomic mass is 19.1. The maximum absolute atomic E-state index is 13.0. The Labute approximate surface area is 117 Å². The van der Waals surface area contributed by atoms with Crippen molar-refractivity contribution in [2.45, 2.75) is 13.5 Å². The summed E-state index contributed by atoms with van der Waals surface area (Å²) in [6.45, 7) is 2.57. The highest BCUT2D eigenvalue weighted by molar-refractivity contribution is 5.44. The molecule has 0 aliphatic rings. The zero-order valence-corrected chi connectivity index (χ0v) is 11.2. The molecule has 0 aliphatic carbocycles. The second kappa shape index (κ2) is 6.69. The molecule has 0 saturated heterocycles. The molecule has 0 amide bonds. The standard InChI is InChI=1S/C16H15FN2O/c1-12-7-16(5-4-14(12)3-2-6-18)20-11-13-8-15(17)10-19-9-13/h4-5,7-10H,6,11,18H2,1H3. The molecule has 1 aromatic heterocycles. The highest BCUT2D eigenvalue weighted by Gasteiger charge is 2.01. The Bertz CT molecular complexity index is 659. The van der Waals surface area contributed by atoms with Gasteiger partial charge in [-0.2, -0.15) is 0 Å². The minimum Gasteiger partial charge on any atom is -0.489 e. The van der Waals surface area contributed by atoms with E-state index in [2.05, 4.69) is 16.8 Å². The second-order valence-corrected chi connectivity index (χ2v) is 4.28. The summed E-state index contributed by atoms with van der Waals surface area (Å²) in [6.07, 6.45) is 2.75. The third kappa shape index (κ3) is 3.81. The Balaban J connectivity index is 2.05. The van der Waals surface area contributed by atoms with E-state index < -0.39 is 0 Å². The van der Waals surface area contributed by atoms with E-state index in [1.165, 1.54) is 12.3 Å². The van der Waals surface area contributed by atoms with Crippen LogP contribution in [0.5, 0.6) is 5.75 Å². The van der Waals surface area contributed by atoms with E-state index in [-0.39, 0.29) is 12.4 Å². The molecule has 4 heteroatoms. The van der Waals surface area contributed by atoms with Crippen molar-refractivity contribution < 1.29 is 9.13 Å². The molecule has 102 valence electrons. The summed E-state index contributed by atoms with van der Waals surface area (Å²) in [5.41, 5.74) is 7.98. The Morgan fingerprint density at radius 1 is 1.30 bits per heavy atom. The van der Waals surface area contributed by atoms with Crippen molar-refractivity contribution in [1.82, 2.24) is 4.98 Å². The van der Waals surface area contributed by atoms with Gasteiger partial charge in [0.2, 0.25) is 0 Å². The van der Waals surface area contributed by atoms with Crippen LogP contribution < -0.4 is 10.5 Å². The number of nitrogens with two attached hydrogens (primary N) is 1. The first-order valence-corrected chi connectivity index (χ1v) is 6.21. The van der Waals surface area contributed by atoms with Gasteiger partial charge in [0.15, 0.2) is 0 Å². The molecule has 0 saturated carbocycles. The van der Waals surface area contributed by atoms with Gasteiger partial charge in [0.05, 0.1) is 12.7 Å². The van der Waals surface area contributed by atoms with Crippen LogP contribution in [0, 0.1) is 24.6 Å². The van der Waals surface area contributed by atoms with Crippen molar-refractivity contribution >= 4 is 0 Å². The van der Waals surface area contributed by atoms with Gasteiger partial charge >= 0.3 is 0 Å². The molecule has 1 heterocycles. The number of halogens is 1. The largest absolute Gasteiger partial charge is 0.489 e. The van der Waals surface area contributed by atoms with Crippen LogP contribution >= 0.6 is 0 Å². The molecule has 0 fully saturated rings. The van der Waals surface area contributed by atoms with Crippen LogP contribution in [0.1, 0.15) is 16.7 Å². The van der Waals surface area contributed by atoms with Gasteiger partial charge in [-0.25, -0.2) is 4.39 Å². The van der Waals surface area contributed by atoms with Gasteiger partial charge in [0.25, 0.3) is 0 Å². The zero-order chi connectivity index (χ0) is 14.4. The fraction of sp³-hybridized carbons (Fsp3) is 0.188. The summed E-state index contributed by atoms with van der Waals surface area (Å²) in [5.74, 6) is 6.15. The number of pyridine rings is 1. The topological polar surface area (TPSA) is 48.1 Å². The first-order chi connectivity index (χ1) is 9.69. The summed E-state index contributed by atoms with van der Waals surface area (Å²) in [4.78, 5) is 3.78. The van der Waals surface area contributed by atoms with Crippen molar-refractivity contribution in [3.05, 3.63) is 59.2 Å². The van der Waals surface area contributed by atoms with E-state index in [1.807, 2.05) is 25.1 Å².